The zero-order valence-electron chi connectivity index (χ0n) is 17.5. The van der Waals surface area contributed by atoms with Gasteiger partial charge in [-0.15, -0.1) is 11.3 Å². The maximum Gasteiger partial charge on any atom is 0.336 e. The maximum atomic E-state index is 13.6. The molecule has 7 nitrogen and oxygen atoms in total. The summed E-state index contributed by atoms with van der Waals surface area (Å²) in [7, 11) is 0. The van der Waals surface area contributed by atoms with Gasteiger partial charge in [0.05, 0.1) is 41.5 Å². The first kappa shape index (κ1) is 21.7. The number of aromatic nitrogens is 3. The largest absolute Gasteiger partial charge is 0.336 e. The summed E-state index contributed by atoms with van der Waals surface area (Å²) in [6.07, 6.45) is 6.42. The number of rotatable bonds is 6. The van der Waals surface area contributed by atoms with Crippen molar-refractivity contribution < 1.29 is 0 Å². The summed E-state index contributed by atoms with van der Waals surface area (Å²) < 4.78 is 2.85. The molecule has 0 aliphatic rings. The molecule has 8 heteroatoms. The van der Waals surface area contributed by atoms with Crippen molar-refractivity contribution in [3.8, 4) is 17.8 Å². The van der Waals surface area contributed by atoms with Crippen LogP contribution in [0.2, 0.25) is 0 Å². The van der Waals surface area contributed by atoms with Crippen LogP contribution in [-0.4, -0.2) is 14.1 Å². The molecule has 0 amide bonds. The molecule has 3 aromatic heterocycles. The molecule has 0 saturated heterocycles. The second kappa shape index (κ2) is 8.91. The smallest absolute Gasteiger partial charge is 0.291 e. The Morgan fingerprint density at radius 2 is 2.00 bits per heavy atom. The van der Waals surface area contributed by atoms with Crippen LogP contribution in [0.15, 0.2) is 83.2 Å². The van der Waals surface area contributed by atoms with Crippen molar-refractivity contribution in [3.63, 3.8) is 0 Å². The number of thiophene rings is 1. The van der Waals surface area contributed by atoms with Crippen molar-refractivity contribution in [2.45, 2.75) is 13.0 Å². The molecule has 33 heavy (non-hydrogen) atoms. The molecular formula is C25H17N5O2S. The lowest BCUT2D eigenvalue weighted by molar-refractivity contribution is 0.663. The molecule has 0 fully saturated rings. The molecule has 160 valence electrons. The summed E-state index contributed by atoms with van der Waals surface area (Å²) in [5.41, 5.74) is 0.466. The Hall–Kier alpha value is -4.53. The number of pyridine rings is 1. The van der Waals surface area contributed by atoms with Crippen molar-refractivity contribution in [2.24, 2.45) is 0 Å². The Morgan fingerprint density at radius 1 is 1.21 bits per heavy atom. The van der Waals surface area contributed by atoms with Gasteiger partial charge in [0.1, 0.15) is 4.70 Å². The van der Waals surface area contributed by atoms with Gasteiger partial charge in [0.25, 0.3) is 5.56 Å². The zero-order valence-corrected chi connectivity index (χ0v) is 18.3. The van der Waals surface area contributed by atoms with Crippen LogP contribution in [-0.2, 0) is 6.54 Å². The van der Waals surface area contributed by atoms with Gasteiger partial charge in [-0.2, -0.15) is 10.5 Å². The predicted molar refractivity (Wildman–Crippen MR) is 130 cm³/mol. The van der Waals surface area contributed by atoms with Crippen LogP contribution in [0.25, 0.3) is 32.2 Å². The second-order valence-electron chi connectivity index (χ2n) is 7.09. The third-order valence-corrected chi connectivity index (χ3v) is 6.31. The molecule has 0 bridgehead atoms. The molecular weight excluding hydrogens is 434 g/mol. The predicted octanol–water partition coefficient (Wildman–Crippen LogP) is 4.32. The Labute approximate surface area is 192 Å². The van der Waals surface area contributed by atoms with E-state index in [4.69, 9.17) is 5.26 Å². The first-order chi connectivity index (χ1) is 16.0. The van der Waals surface area contributed by atoms with E-state index in [9.17, 15) is 14.9 Å². The molecule has 0 aliphatic carbocycles. The summed E-state index contributed by atoms with van der Waals surface area (Å²) in [4.78, 5) is 31.9. The summed E-state index contributed by atoms with van der Waals surface area (Å²) in [5.74, 6) is 0. The zero-order chi connectivity index (χ0) is 23.5. The van der Waals surface area contributed by atoms with Crippen molar-refractivity contribution in [1.82, 2.24) is 14.1 Å². The van der Waals surface area contributed by atoms with Crippen molar-refractivity contribution in [3.05, 3.63) is 99.3 Å². The first-order valence-electron chi connectivity index (χ1n) is 9.93. The molecule has 0 atom stereocenters. The fourth-order valence-corrected chi connectivity index (χ4v) is 4.80. The van der Waals surface area contributed by atoms with E-state index in [0.29, 0.717) is 31.7 Å². The van der Waals surface area contributed by atoms with Crippen LogP contribution < -0.4 is 11.2 Å². The number of nitrogens with zero attached hydrogens (tertiary/aromatic N) is 5. The topological polar surface area (TPSA) is 104 Å². The molecule has 0 spiro atoms. The molecule has 0 radical (unpaired) electrons. The normalized spacial score (nSPS) is 11.3. The minimum absolute atomic E-state index is 0.0897. The van der Waals surface area contributed by atoms with Crippen LogP contribution in [0, 0.1) is 22.7 Å². The number of fused-ring (bicyclic) bond motifs is 2. The first-order valence-corrected chi connectivity index (χ1v) is 10.8. The number of benzene rings is 1. The molecule has 4 aromatic rings. The van der Waals surface area contributed by atoms with Gasteiger partial charge >= 0.3 is 5.69 Å². The molecule has 4 rings (SSSR count). The molecule has 0 unspecified atom stereocenters. The van der Waals surface area contributed by atoms with Gasteiger partial charge in [0.2, 0.25) is 0 Å². The third-order valence-electron chi connectivity index (χ3n) is 5.17. The fraction of sp³-hybridized carbons (Fsp3) is 0.0800. The van der Waals surface area contributed by atoms with Crippen LogP contribution >= 0.6 is 11.3 Å². The fourth-order valence-electron chi connectivity index (χ4n) is 3.66. The van der Waals surface area contributed by atoms with Gasteiger partial charge in [-0.25, -0.2) is 9.36 Å². The number of aryl methyl sites for hydroxylation is 1. The van der Waals surface area contributed by atoms with Gasteiger partial charge in [0.15, 0.2) is 0 Å². The highest BCUT2D eigenvalue weighted by Gasteiger charge is 2.20. The number of allylic oxidation sites excluding steroid dienone is 4. The standard InChI is InChI=1S/C25H17N5O2S/c1-3-7-18(16(2)13-27)22-12-20-23(33-22)24(31)30(25(32)29(20)11-6-10-26)21-15-28-14-17-8-4-5-9-19(17)21/h3-5,7-9,12,14-15H,1-2,6,11H2/b18-7+. The highest BCUT2D eigenvalue weighted by Crippen LogP contribution is 2.32. The minimum atomic E-state index is -0.557. The lowest BCUT2D eigenvalue weighted by atomic mass is 10.1. The second-order valence-corrected chi connectivity index (χ2v) is 8.15. The van der Waals surface area contributed by atoms with E-state index in [1.165, 1.54) is 16.8 Å². The minimum Gasteiger partial charge on any atom is -0.291 e. The van der Waals surface area contributed by atoms with E-state index in [1.807, 2.05) is 30.3 Å². The van der Waals surface area contributed by atoms with E-state index in [2.05, 4.69) is 24.2 Å². The van der Waals surface area contributed by atoms with Crippen LogP contribution in [0.1, 0.15) is 11.3 Å². The summed E-state index contributed by atoms with van der Waals surface area (Å²) in [6.45, 7) is 7.57. The summed E-state index contributed by atoms with van der Waals surface area (Å²) >= 11 is 1.16. The SMILES string of the molecule is C=C/C=C(\C(=C)C#N)c1cc2c(s1)c(=O)n(-c1cncc3ccccc13)c(=O)n2CCC#N. The molecule has 1 aromatic carbocycles. The Balaban J connectivity index is 2.11. The third kappa shape index (κ3) is 3.69. The van der Waals surface area contributed by atoms with E-state index in [0.717, 1.165) is 21.3 Å². The van der Waals surface area contributed by atoms with Gasteiger partial charge in [0, 0.05) is 34.0 Å². The number of hydrogen-bond donors (Lipinski definition) is 0. The Bertz CT molecular complexity index is 1670. The Kier molecular flexibility index (Phi) is 5.86. The highest BCUT2D eigenvalue weighted by molar-refractivity contribution is 7.20. The van der Waals surface area contributed by atoms with E-state index >= 15 is 0 Å². The van der Waals surface area contributed by atoms with Gasteiger partial charge < -0.3 is 0 Å². The maximum absolute atomic E-state index is 13.6. The van der Waals surface area contributed by atoms with Gasteiger partial charge in [-0.1, -0.05) is 49.6 Å². The van der Waals surface area contributed by atoms with E-state index < -0.39 is 11.2 Å². The lowest BCUT2D eigenvalue weighted by Gasteiger charge is -2.12. The monoisotopic (exact) mass is 451 g/mol. The van der Waals surface area contributed by atoms with Crippen LogP contribution in [0.4, 0.5) is 0 Å². The summed E-state index contributed by atoms with van der Waals surface area (Å²) in [5, 5.41) is 20.0. The van der Waals surface area contributed by atoms with Crippen LogP contribution in [0.5, 0.6) is 0 Å². The van der Waals surface area contributed by atoms with Gasteiger partial charge in [-0.3, -0.25) is 14.3 Å². The molecule has 0 saturated carbocycles. The quantitative estimate of drug-likeness (QED) is 0.321. The van der Waals surface area contributed by atoms with Crippen molar-refractivity contribution in [1.29, 1.82) is 10.5 Å². The number of nitriles is 2. The molecule has 0 aliphatic heterocycles. The molecule has 3 heterocycles. The summed E-state index contributed by atoms with van der Waals surface area (Å²) in [6, 6.07) is 13.1. The van der Waals surface area contributed by atoms with Gasteiger partial charge in [-0.05, 0) is 6.07 Å². The lowest BCUT2D eigenvalue weighted by Crippen LogP contribution is -2.38. The van der Waals surface area contributed by atoms with E-state index in [1.54, 1.807) is 18.3 Å². The average molecular weight is 452 g/mol. The van der Waals surface area contributed by atoms with Crippen molar-refractivity contribution in [2.75, 3.05) is 0 Å². The Morgan fingerprint density at radius 3 is 2.73 bits per heavy atom. The van der Waals surface area contributed by atoms with E-state index in [-0.39, 0.29) is 18.5 Å². The number of hydrogen-bond acceptors (Lipinski definition) is 6. The highest BCUT2D eigenvalue weighted by atomic mass is 32.1. The van der Waals surface area contributed by atoms with Crippen molar-refractivity contribution >= 4 is 37.9 Å². The van der Waals surface area contributed by atoms with Crippen LogP contribution in [0.3, 0.4) is 0 Å². The average Bonchev–Trinajstić information content (AvgIpc) is 3.27. The molecule has 0 N–H and O–H groups in total.